The molecule has 0 saturated heterocycles. The Hall–Kier alpha value is -4.30. The predicted octanol–water partition coefficient (Wildman–Crippen LogP) is 4.67. The quantitative estimate of drug-likeness (QED) is 0.337. The minimum Gasteiger partial charge on any atom is -0.488 e. The van der Waals surface area contributed by atoms with Gasteiger partial charge in [-0.1, -0.05) is 0 Å². The summed E-state index contributed by atoms with van der Waals surface area (Å²) < 4.78 is 87.4. The highest BCUT2D eigenvalue weighted by atomic mass is 19.4. The molecule has 1 fully saturated rings. The first kappa shape index (κ1) is 27.3. The number of H-pyrrole nitrogens is 1. The van der Waals surface area contributed by atoms with Gasteiger partial charge < -0.3 is 4.74 Å². The number of halogens is 6. The molecular formula is C25H20F6N6O3. The summed E-state index contributed by atoms with van der Waals surface area (Å²) in [5, 5.41) is 5.14. The number of nitrogens with zero attached hydrogens (tertiary/aromatic N) is 5. The highest BCUT2D eigenvalue weighted by Gasteiger charge is 2.39. The largest absolute Gasteiger partial charge is 0.488 e. The van der Waals surface area contributed by atoms with Crippen molar-refractivity contribution in [3.8, 4) is 17.1 Å². The third-order valence-corrected chi connectivity index (χ3v) is 6.67. The van der Waals surface area contributed by atoms with Crippen molar-refractivity contribution in [1.29, 1.82) is 0 Å². The second-order valence-corrected chi connectivity index (χ2v) is 9.40. The molecule has 4 aromatic rings. The standard InChI is InChI=1S/C25H20F6N6O3/c26-17-5-16-18(6-15(17)22-32-7-13(8-33-22)21(27)28)34-11-37(24(16)39)10-12-2-1-3-14(4-12)40-19-9-35-36-23(38)20(19)25(29,30)31/h5-9,11-12,14,21H,1-4,10H2,(H,36,38)/t12?,14-/m0/s1. The Morgan fingerprint density at radius 1 is 1.07 bits per heavy atom. The smallest absolute Gasteiger partial charge is 0.425 e. The lowest BCUT2D eigenvalue weighted by atomic mass is 9.87. The molecule has 0 bridgehead atoms. The second-order valence-electron chi connectivity index (χ2n) is 9.40. The molecule has 3 heterocycles. The van der Waals surface area contributed by atoms with E-state index < -0.39 is 52.5 Å². The lowest BCUT2D eigenvalue weighted by Gasteiger charge is -2.30. The number of benzene rings is 1. The first-order valence-electron chi connectivity index (χ1n) is 12.1. The van der Waals surface area contributed by atoms with Crippen molar-refractivity contribution in [2.75, 3.05) is 0 Å². The molecule has 0 spiro atoms. The summed E-state index contributed by atoms with van der Waals surface area (Å²) in [6.45, 7) is 0.156. The third kappa shape index (κ3) is 5.53. The van der Waals surface area contributed by atoms with Crippen LogP contribution in [0.3, 0.4) is 0 Å². The molecule has 1 N–H and O–H groups in total. The van der Waals surface area contributed by atoms with Crippen LogP contribution in [0.1, 0.15) is 43.2 Å². The van der Waals surface area contributed by atoms with E-state index in [9.17, 15) is 35.9 Å². The summed E-state index contributed by atoms with van der Waals surface area (Å²) in [6.07, 6.45) is -2.49. The molecule has 1 aromatic carbocycles. The second kappa shape index (κ2) is 10.7. The van der Waals surface area contributed by atoms with E-state index in [1.807, 2.05) is 0 Å². The van der Waals surface area contributed by atoms with Crippen LogP contribution in [-0.2, 0) is 12.7 Å². The maximum Gasteiger partial charge on any atom is 0.425 e. The van der Waals surface area contributed by atoms with E-state index in [0.717, 1.165) is 24.7 Å². The number of hydrogen-bond acceptors (Lipinski definition) is 7. The van der Waals surface area contributed by atoms with Crippen molar-refractivity contribution in [3.63, 3.8) is 0 Å². The average Bonchev–Trinajstić information content (AvgIpc) is 2.90. The van der Waals surface area contributed by atoms with Gasteiger partial charge >= 0.3 is 6.18 Å². The van der Waals surface area contributed by atoms with Gasteiger partial charge in [0.25, 0.3) is 17.5 Å². The summed E-state index contributed by atoms with van der Waals surface area (Å²) in [5.74, 6) is -1.82. The molecule has 2 atom stereocenters. The molecule has 5 rings (SSSR count). The number of ether oxygens (including phenoxy) is 1. The fourth-order valence-corrected chi connectivity index (χ4v) is 4.78. The van der Waals surface area contributed by atoms with E-state index in [1.54, 1.807) is 5.10 Å². The van der Waals surface area contributed by atoms with Crippen molar-refractivity contribution < 1.29 is 31.1 Å². The van der Waals surface area contributed by atoms with Crippen LogP contribution in [0.15, 0.2) is 46.6 Å². The first-order chi connectivity index (χ1) is 19.0. The number of fused-ring (bicyclic) bond motifs is 1. The Bertz CT molecular complexity index is 1650. The van der Waals surface area contributed by atoms with Crippen LogP contribution < -0.4 is 15.9 Å². The molecule has 0 radical (unpaired) electrons. The number of nitrogens with one attached hydrogen (secondary N) is 1. The van der Waals surface area contributed by atoms with E-state index in [-0.39, 0.29) is 34.8 Å². The SMILES string of the molecule is O=c1[nH]ncc(O[C@H]2CCCC(Cn3cnc4cc(-c5ncc(C(F)F)cn5)c(F)cc4c3=O)C2)c1C(F)(F)F. The van der Waals surface area contributed by atoms with Gasteiger partial charge in [-0.15, -0.1) is 0 Å². The minimum atomic E-state index is -4.93. The van der Waals surface area contributed by atoms with E-state index in [4.69, 9.17) is 4.74 Å². The Morgan fingerprint density at radius 3 is 2.52 bits per heavy atom. The Labute approximate surface area is 220 Å². The zero-order valence-electron chi connectivity index (χ0n) is 20.5. The number of rotatable bonds is 6. The van der Waals surface area contributed by atoms with Crippen LogP contribution in [0.25, 0.3) is 22.3 Å². The lowest BCUT2D eigenvalue weighted by molar-refractivity contribution is -0.140. The average molecular weight is 566 g/mol. The minimum absolute atomic E-state index is 0.0269. The van der Waals surface area contributed by atoms with Gasteiger partial charge in [-0.05, 0) is 43.7 Å². The first-order valence-corrected chi connectivity index (χ1v) is 12.1. The van der Waals surface area contributed by atoms with Crippen LogP contribution in [0.2, 0.25) is 0 Å². The van der Waals surface area contributed by atoms with E-state index in [2.05, 4.69) is 20.1 Å². The summed E-state index contributed by atoms with van der Waals surface area (Å²) in [5.41, 5.74) is -3.79. The monoisotopic (exact) mass is 566 g/mol. The van der Waals surface area contributed by atoms with Gasteiger partial charge in [-0.25, -0.2) is 33.2 Å². The lowest BCUT2D eigenvalue weighted by Crippen LogP contribution is -2.32. The molecule has 1 saturated carbocycles. The van der Waals surface area contributed by atoms with Crippen molar-refractivity contribution in [3.05, 3.63) is 74.7 Å². The van der Waals surface area contributed by atoms with Crippen molar-refractivity contribution in [2.24, 2.45) is 5.92 Å². The van der Waals surface area contributed by atoms with Crippen LogP contribution >= 0.6 is 0 Å². The van der Waals surface area contributed by atoms with Gasteiger partial charge in [0.05, 0.1) is 40.7 Å². The van der Waals surface area contributed by atoms with Gasteiger partial charge in [0.1, 0.15) is 5.82 Å². The zero-order valence-corrected chi connectivity index (χ0v) is 20.5. The molecule has 1 aliphatic rings. The summed E-state index contributed by atoms with van der Waals surface area (Å²) in [7, 11) is 0. The van der Waals surface area contributed by atoms with Crippen LogP contribution in [0.4, 0.5) is 26.3 Å². The van der Waals surface area contributed by atoms with E-state index >= 15 is 0 Å². The van der Waals surface area contributed by atoms with Crippen LogP contribution in [-0.4, -0.2) is 35.8 Å². The van der Waals surface area contributed by atoms with E-state index in [1.165, 1.54) is 17.0 Å². The molecular weight excluding hydrogens is 546 g/mol. The van der Waals surface area contributed by atoms with Crippen molar-refractivity contribution >= 4 is 10.9 Å². The summed E-state index contributed by atoms with van der Waals surface area (Å²) in [6, 6.07) is 2.23. The van der Waals surface area contributed by atoms with Gasteiger partial charge in [0.15, 0.2) is 17.1 Å². The summed E-state index contributed by atoms with van der Waals surface area (Å²) in [4.78, 5) is 36.6. The number of aromatic amines is 1. The van der Waals surface area contributed by atoms with Gasteiger partial charge in [-0.3, -0.25) is 14.2 Å². The number of hydrogen-bond donors (Lipinski definition) is 1. The predicted molar refractivity (Wildman–Crippen MR) is 128 cm³/mol. The third-order valence-electron chi connectivity index (χ3n) is 6.67. The van der Waals surface area contributed by atoms with E-state index in [0.29, 0.717) is 25.7 Å². The fraction of sp³-hybridized carbons (Fsp3) is 0.360. The molecule has 210 valence electrons. The van der Waals surface area contributed by atoms with Gasteiger partial charge in [0, 0.05) is 18.9 Å². The molecule has 15 heteroatoms. The Morgan fingerprint density at radius 2 is 1.82 bits per heavy atom. The maximum absolute atomic E-state index is 14.9. The zero-order chi connectivity index (χ0) is 28.6. The molecule has 0 aliphatic heterocycles. The highest BCUT2D eigenvalue weighted by molar-refractivity contribution is 5.82. The Kier molecular flexibility index (Phi) is 7.29. The molecule has 1 aliphatic carbocycles. The van der Waals surface area contributed by atoms with Gasteiger partial charge in [0.2, 0.25) is 0 Å². The van der Waals surface area contributed by atoms with Crippen LogP contribution in [0.5, 0.6) is 5.75 Å². The normalized spacial score (nSPS) is 17.9. The summed E-state index contributed by atoms with van der Waals surface area (Å²) >= 11 is 0. The highest BCUT2D eigenvalue weighted by Crippen LogP contribution is 2.35. The van der Waals surface area contributed by atoms with Crippen molar-refractivity contribution in [2.45, 2.75) is 50.9 Å². The molecule has 1 unspecified atom stereocenters. The van der Waals surface area contributed by atoms with Gasteiger partial charge in [-0.2, -0.15) is 18.3 Å². The maximum atomic E-state index is 14.9. The molecule has 9 nitrogen and oxygen atoms in total. The number of alkyl halides is 5. The fourth-order valence-electron chi connectivity index (χ4n) is 4.78. The molecule has 40 heavy (non-hydrogen) atoms. The molecule has 0 amide bonds. The van der Waals surface area contributed by atoms with Crippen LogP contribution in [0, 0.1) is 11.7 Å². The topological polar surface area (TPSA) is 116 Å². The molecule has 3 aromatic heterocycles. The number of aromatic nitrogens is 6. The van der Waals surface area contributed by atoms with Crippen molar-refractivity contribution in [1.82, 2.24) is 29.7 Å². The Balaban J connectivity index is 1.35.